The number of nitrogens with zero attached hydrogens (tertiary/aromatic N) is 1. The minimum Gasteiger partial charge on any atom is -0.479 e. The number of ether oxygens (including phenoxy) is 1. The van der Waals surface area contributed by atoms with Gasteiger partial charge in [0.15, 0.2) is 12.3 Å². The van der Waals surface area contributed by atoms with E-state index in [2.05, 4.69) is 0 Å². The fraction of sp³-hybridized carbons (Fsp3) is 0.875. The monoisotopic (exact) mass is 237 g/mol. The molecular weight excluding hydrogens is 222 g/mol. The number of hydroxylamine groups is 2. The lowest BCUT2D eigenvalue weighted by Crippen LogP contribution is -2.63. The van der Waals surface area contributed by atoms with E-state index in [1.807, 2.05) is 0 Å². The van der Waals surface area contributed by atoms with Gasteiger partial charge in [-0.1, -0.05) is 0 Å². The molecule has 1 heterocycles. The van der Waals surface area contributed by atoms with Crippen molar-refractivity contribution in [2.45, 2.75) is 30.6 Å². The molecule has 2 unspecified atom stereocenters. The van der Waals surface area contributed by atoms with E-state index in [-0.39, 0.29) is 0 Å². The summed E-state index contributed by atoms with van der Waals surface area (Å²) in [5, 5.41) is 38.2. The second-order valence-electron chi connectivity index (χ2n) is 3.49. The molecule has 16 heavy (non-hydrogen) atoms. The van der Waals surface area contributed by atoms with Crippen molar-refractivity contribution >= 4 is 5.97 Å². The summed E-state index contributed by atoms with van der Waals surface area (Å²) in [6, 6.07) is 0. The molecule has 4 N–H and O–H groups in total. The molecule has 0 aromatic rings. The van der Waals surface area contributed by atoms with Crippen LogP contribution in [-0.4, -0.2) is 76.3 Å². The lowest BCUT2D eigenvalue weighted by atomic mass is 9.98. The molecule has 0 amide bonds. The molecule has 0 saturated carbocycles. The Kier molecular flexibility index (Phi) is 4.19. The van der Waals surface area contributed by atoms with E-state index in [0.717, 1.165) is 5.06 Å². The molecular formula is C8H15NO7. The van der Waals surface area contributed by atoms with Gasteiger partial charge < -0.3 is 25.2 Å². The molecule has 1 aliphatic rings. The van der Waals surface area contributed by atoms with Gasteiger partial charge >= 0.3 is 5.97 Å². The van der Waals surface area contributed by atoms with Gasteiger partial charge in [0.25, 0.3) is 0 Å². The molecule has 1 fully saturated rings. The van der Waals surface area contributed by atoms with E-state index in [1.165, 1.54) is 14.2 Å². The number of carboxylic acid groups (broad SMARTS) is 1. The van der Waals surface area contributed by atoms with Gasteiger partial charge in [-0.2, -0.15) is 5.06 Å². The number of hydrogen-bond acceptors (Lipinski definition) is 7. The van der Waals surface area contributed by atoms with Crippen molar-refractivity contribution in [1.82, 2.24) is 5.06 Å². The van der Waals surface area contributed by atoms with E-state index >= 15 is 0 Å². The van der Waals surface area contributed by atoms with E-state index in [4.69, 9.17) is 14.7 Å². The molecule has 94 valence electrons. The fourth-order valence-electron chi connectivity index (χ4n) is 1.47. The second-order valence-corrected chi connectivity index (χ2v) is 3.49. The van der Waals surface area contributed by atoms with Crippen LogP contribution in [0.4, 0.5) is 0 Å². The predicted molar refractivity (Wildman–Crippen MR) is 49.1 cm³/mol. The van der Waals surface area contributed by atoms with Crippen LogP contribution in [0.15, 0.2) is 0 Å². The predicted octanol–water partition coefficient (Wildman–Crippen LogP) is -2.63. The number of aliphatic hydroxyl groups excluding tert-OH is 3. The Morgan fingerprint density at radius 2 is 1.81 bits per heavy atom. The third-order valence-electron chi connectivity index (χ3n) is 2.48. The summed E-state index contributed by atoms with van der Waals surface area (Å²) in [5.41, 5.74) is 0. The number of likely N-dealkylation sites (N-methyl/N-ethyl adjacent to an activating group) is 1. The summed E-state index contributed by atoms with van der Waals surface area (Å²) in [5.74, 6) is -1.42. The van der Waals surface area contributed by atoms with Crippen LogP contribution in [0.5, 0.6) is 0 Å². The van der Waals surface area contributed by atoms with Crippen molar-refractivity contribution in [2.75, 3.05) is 14.2 Å². The van der Waals surface area contributed by atoms with Crippen molar-refractivity contribution in [2.24, 2.45) is 0 Å². The first kappa shape index (κ1) is 13.3. The van der Waals surface area contributed by atoms with Gasteiger partial charge in [-0.3, -0.25) is 4.84 Å². The molecule has 8 nitrogen and oxygen atoms in total. The van der Waals surface area contributed by atoms with Gasteiger partial charge in [0.05, 0.1) is 7.11 Å². The zero-order valence-corrected chi connectivity index (χ0v) is 8.85. The summed E-state index contributed by atoms with van der Waals surface area (Å²) < 4.78 is 4.94. The number of aliphatic carboxylic acids is 1. The molecule has 0 aromatic heterocycles. The molecule has 0 aliphatic carbocycles. The maximum atomic E-state index is 10.7. The minimum absolute atomic E-state index is 1.05. The molecule has 0 radical (unpaired) electrons. The van der Waals surface area contributed by atoms with Crippen LogP contribution in [0.2, 0.25) is 0 Å². The third kappa shape index (κ3) is 2.32. The highest BCUT2D eigenvalue weighted by Crippen LogP contribution is 2.23. The second kappa shape index (κ2) is 5.04. The summed E-state index contributed by atoms with van der Waals surface area (Å²) >= 11 is 0. The third-order valence-corrected chi connectivity index (χ3v) is 2.48. The fourth-order valence-corrected chi connectivity index (χ4v) is 1.47. The van der Waals surface area contributed by atoms with Crippen molar-refractivity contribution < 1.29 is 34.8 Å². The number of aliphatic hydroxyl groups is 3. The molecule has 1 aliphatic heterocycles. The SMILES string of the molecule is CON(C)[C@@H]1OC(C(=O)O)[C@H](O)C(O)[C@@H]1O. The number of rotatable bonds is 3. The Labute approximate surface area is 91.6 Å². The zero-order valence-electron chi connectivity index (χ0n) is 8.85. The largest absolute Gasteiger partial charge is 0.479 e. The van der Waals surface area contributed by atoms with E-state index in [0.29, 0.717) is 0 Å². The highest BCUT2D eigenvalue weighted by molar-refractivity contribution is 5.73. The first-order chi connectivity index (χ1) is 7.40. The van der Waals surface area contributed by atoms with E-state index < -0.39 is 36.6 Å². The highest BCUT2D eigenvalue weighted by atomic mass is 16.7. The summed E-state index contributed by atoms with van der Waals surface area (Å²) in [7, 11) is 2.69. The molecule has 0 spiro atoms. The lowest BCUT2D eigenvalue weighted by Gasteiger charge is -2.41. The molecule has 1 rings (SSSR count). The number of hydrogen-bond donors (Lipinski definition) is 4. The van der Waals surface area contributed by atoms with Crippen molar-refractivity contribution in [3.05, 3.63) is 0 Å². The average molecular weight is 237 g/mol. The van der Waals surface area contributed by atoms with Crippen LogP contribution in [0.3, 0.4) is 0 Å². The Bertz CT molecular complexity index is 261. The van der Waals surface area contributed by atoms with Gasteiger partial charge in [-0.05, 0) is 0 Å². The molecule has 5 atom stereocenters. The van der Waals surface area contributed by atoms with Crippen LogP contribution in [0, 0.1) is 0 Å². The first-order valence-corrected chi connectivity index (χ1v) is 4.59. The average Bonchev–Trinajstić information content (AvgIpc) is 2.25. The van der Waals surface area contributed by atoms with Crippen molar-refractivity contribution in [3.63, 3.8) is 0 Å². The maximum absolute atomic E-state index is 10.7. The first-order valence-electron chi connectivity index (χ1n) is 4.59. The standard InChI is InChI=1S/C8H15NO7/c1-9(15-2)7-5(12)3(10)4(11)6(16-7)8(13)14/h3-7,10-12H,1-2H3,(H,13,14)/t3?,4-,5+,6?,7-/m1/s1. The Morgan fingerprint density at radius 3 is 2.25 bits per heavy atom. The van der Waals surface area contributed by atoms with Crippen molar-refractivity contribution in [1.29, 1.82) is 0 Å². The molecule has 8 heteroatoms. The minimum atomic E-state index is -1.69. The molecule has 0 aromatic carbocycles. The van der Waals surface area contributed by atoms with Crippen LogP contribution in [-0.2, 0) is 14.4 Å². The maximum Gasteiger partial charge on any atom is 0.335 e. The normalized spacial score (nSPS) is 40.0. The van der Waals surface area contributed by atoms with Crippen LogP contribution in [0.1, 0.15) is 0 Å². The van der Waals surface area contributed by atoms with Gasteiger partial charge in [0.2, 0.25) is 0 Å². The Balaban J connectivity index is 2.85. The smallest absolute Gasteiger partial charge is 0.335 e. The van der Waals surface area contributed by atoms with E-state index in [1.54, 1.807) is 0 Å². The lowest BCUT2D eigenvalue weighted by molar-refractivity contribution is -0.313. The zero-order chi connectivity index (χ0) is 12.5. The van der Waals surface area contributed by atoms with Gasteiger partial charge in [0, 0.05) is 7.05 Å². The highest BCUT2D eigenvalue weighted by Gasteiger charge is 2.48. The van der Waals surface area contributed by atoms with Crippen LogP contribution < -0.4 is 0 Å². The summed E-state index contributed by atoms with van der Waals surface area (Å²) in [6.45, 7) is 0. The van der Waals surface area contributed by atoms with Gasteiger partial charge in [-0.15, -0.1) is 0 Å². The molecule has 0 bridgehead atoms. The Hall–Kier alpha value is -0.770. The van der Waals surface area contributed by atoms with Crippen LogP contribution in [0.25, 0.3) is 0 Å². The van der Waals surface area contributed by atoms with E-state index in [9.17, 15) is 20.1 Å². The van der Waals surface area contributed by atoms with Crippen molar-refractivity contribution in [3.8, 4) is 0 Å². The topological polar surface area (TPSA) is 120 Å². The van der Waals surface area contributed by atoms with Gasteiger partial charge in [-0.25, -0.2) is 4.79 Å². The van der Waals surface area contributed by atoms with Gasteiger partial charge in [0.1, 0.15) is 18.3 Å². The summed E-state index contributed by atoms with van der Waals surface area (Å²) in [4.78, 5) is 15.5. The van der Waals surface area contributed by atoms with Crippen LogP contribution >= 0.6 is 0 Å². The quantitative estimate of drug-likeness (QED) is 0.393. The number of carbonyl (C=O) groups is 1. The summed E-state index contributed by atoms with van der Waals surface area (Å²) in [6.07, 6.45) is -7.53. The Morgan fingerprint density at radius 1 is 1.25 bits per heavy atom. The molecule has 1 saturated heterocycles. The number of carboxylic acids is 1.